The van der Waals surface area contributed by atoms with Crippen LogP contribution in [0.4, 0.5) is 0 Å². The summed E-state index contributed by atoms with van der Waals surface area (Å²) in [5.74, 6) is -2.19. The predicted molar refractivity (Wildman–Crippen MR) is 178 cm³/mol. The summed E-state index contributed by atoms with van der Waals surface area (Å²) in [7, 11) is -2.34. The molecule has 2 unspecified atom stereocenters. The van der Waals surface area contributed by atoms with Gasteiger partial charge in [-0.05, 0) is 57.0 Å². The van der Waals surface area contributed by atoms with Crippen molar-refractivity contribution in [3.05, 3.63) is 77.4 Å². The van der Waals surface area contributed by atoms with Crippen molar-refractivity contribution >= 4 is 28.1 Å². The molecule has 0 amide bonds. The molecule has 0 radical (unpaired) electrons. The van der Waals surface area contributed by atoms with Gasteiger partial charge in [0.1, 0.15) is 48.1 Å². The van der Waals surface area contributed by atoms with Crippen molar-refractivity contribution in [1.82, 2.24) is 0 Å². The number of hydrogen-bond acceptors (Lipinski definition) is 13. The van der Waals surface area contributed by atoms with E-state index in [0.29, 0.717) is 17.5 Å². The Hall–Kier alpha value is -3.79. The summed E-state index contributed by atoms with van der Waals surface area (Å²) in [6.45, 7) is 6.15. The normalized spacial score (nSPS) is 25.2. The quantitative estimate of drug-likeness (QED) is 0.153. The van der Waals surface area contributed by atoms with Crippen LogP contribution in [0.1, 0.15) is 60.4 Å². The van der Waals surface area contributed by atoms with Gasteiger partial charge in [-0.1, -0.05) is 43.4 Å². The molecule has 2 aliphatic rings. The smallest absolute Gasteiger partial charge is 0.342 e. The molecule has 2 aliphatic heterocycles. The molecule has 0 aliphatic carbocycles. The van der Waals surface area contributed by atoms with Gasteiger partial charge in [0.15, 0.2) is 12.6 Å². The van der Waals surface area contributed by atoms with E-state index in [1.807, 2.05) is 19.1 Å². The Morgan fingerprint density at radius 2 is 1.80 bits per heavy atom. The van der Waals surface area contributed by atoms with Crippen molar-refractivity contribution < 1.29 is 60.5 Å². The van der Waals surface area contributed by atoms with Crippen LogP contribution in [0.3, 0.4) is 0 Å². The number of carbonyl (C=O) groups excluding carboxylic acids is 2. The third-order valence-corrected chi connectivity index (χ3v) is 8.23. The summed E-state index contributed by atoms with van der Waals surface area (Å²) in [6.07, 6.45) is 4.23. The number of cyclic esters (lactones) is 1. The summed E-state index contributed by atoms with van der Waals surface area (Å²) in [5.41, 5.74) is 0.860. The maximum absolute atomic E-state index is 13.7. The maximum atomic E-state index is 13.7. The molecular weight excluding hydrogens is 660 g/mol. The van der Waals surface area contributed by atoms with E-state index < -0.39 is 65.0 Å². The Balaban J connectivity index is 1.70. The van der Waals surface area contributed by atoms with Gasteiger partial charge in [-0.3, -0.25) is 4.18 Å². The number of methoxy groups -OCH3 is 1. The number of carbonyl (C=O) groups is 2. The van der Waals surface area contributed by atoms with Gasteiger partial charge in [-0.2, -0.15) is 8.42 Å². The molecule has 2 aromatic rings. The van der Waals surface area contributed by atoms with Gasteiger partial charge in [0.2, 0.25) is 0 Å². The van der Waals surface area contributed by atoms with Crippen molar-refractivity contribution in [2.45, 2.75) is 70.4 Å². The number of rotatable bonds is 11. The van der Waals surface area contributed by atoms with E-state index in [1.165, 1.54) is 13.2 Å². The molecule has 268 valence electrons. The number of aliphatic hydroxyl groups is 1. The molecule has 0 bridgehead atoms. The first-order valence-electron chi connectivity index (χ1n) is 15.8. The number of hydrogen-bond donors (Lipinski definition) is 1. The summed E-state index contributed by atoms with van der Waals surface area (Å²) in [5, 5.41) is 10.2. The van der Waals surface area contributed by atoms with Crippen LogP contribution < -0.4 is 9.47 Å². The Morgan fingerprint density at radius 1 is 1.06 bits per heavy atom. The van der Waals surface area contributed by atoms with Crippen LogP contribution in [0.5, 0.6) is 11.5 Å². The molecule has 2 heterocycles. The van der Waals surface area contributed by atoms with Crippen molar-refractivity contribution in [1.29, 1.82) is 0 Å². The lowest BCUT2D eigenvalue weighted by molar-refractivity contribution is -0.152. The molecule has 2 aromatic carbocycles. The van der Waals surface area contributed by atoms with Crippen LogP contribution >= 0.6 is 0 Å². The van der Waals surface area contributed by atoms with Gasteiger partial charge in [0, 0.05) is 19.1 Å². The van der Waals surface area contributed by atoms with Crippen LogP contribution in [-0.2, 0) is 38.0 Å². The standard InChI is InChI=1S/C35H44O13S/c1-22-15-16-28(46-33(37)24-11-8-7-9-12-24)32-29(47-35(3,4)48-32)14-10-13-25-17-27(42-19-26(36)20-44-49(6,39)40)18-30(43-21-41-5)31(25)34(38)45-23(22)2/h7-13,15-18,22-23,26,28-29,32,36H,14,19-21H2,1-6H3/b13-10?,16-15-/t22-,23+,26?,28?,29+,32-/m1/s1. The molecular formula is C35H44O13S. The van der Waals surface area contributed by atoms with E-state index in [9.17, 15) is 23.1 Å². The fourth-order valence-electron chi connectivity index (χ4n) is 5.13. The largest absolute Gasteiger partial charge is 0.491 e. The second-order valence-corrected chi connectivity index (χ2v) is 13.9. The average molecular weight is 705 g/mol. The Morgan fingerprint density at radius 3 is 2.49 bits per heavy atom. The lowest BCUT2D eigenvalue weighted by Crippen LogP contribution is -2.37. The molecule has 0 saturated carbocycles. The molecule has 1 N–H and O–H groups in total. The van der Waals surface area contributed by atoms with Crippen LogP contribution in [0.15, 0.2) is 60.7 Å². The number of esters is 2. The van der Waals surface area contributed by atoms with E-state index >= 15 is 0 Å². The van der Waals surface area contributed by atoms with Crippen molar-refractivity contribution in [3.63, 3.8) is 0 Å². The monoisotopic (exact) mass is 704 g/mol. The second kappa shape index (κ2) is 16.7. The number of aliphatic hydroxyl groups excluding tert-OH is 1. The van der Waals surface area contributed by atoms with Gasteiger partial charge >= 0.3 is 11.9 Å². The van der Waals surface area contributed by atoms with Crippen LogP contribution in [-0.4, -0.2) is 95.1 Å². The third-order valence-electron chi connectivity index (χ3n) is 7.66. The minimum absolute atomic E-state index is 0.0979. The molecule has 4 rings (SSSR count). The Labute approximate surface area is 286 Å². The number of ether oxygens (including phenoxy) is 7. The van der Waals surface area contributed by atoms with Crippen molar-refractivity contribution in [2.24, 2.45) is 5.92 Å². The van der Waals surface area contributed by atoms with E-state index in [2.05, 4.69) is 4.18 Å². The Bertz CT molecular complexity index is 1600. The van der Waals surface area contributed by atoms with Gasteiger partial charge in [0.05, 0.1) is 24.5 Å². The van der Waals surface area contributed by atoms with Crippen LogP contribution in [0.2, 0.25) is 0 Å². The van der Waals surface area contributed by atoms with Crippen LogP contribution in [0.25, 0.3) is 6.08 Å². The molecule has 13 nitrogen and oxygen atoms in total. The zero-order chi connectivity index (χ0) is 35.8. The summed E-state index contributed by atoms with van der Waals surface area (Å²) in [4.78, 5) is 26.9. The molecule has 49 heavy (non-hydrogen) atoms. The minimum atomic E-state index is -3.76. The highest BCUT2D eigenvalue weighted by atomic mass is 32.2. The van der Waals surface area contributed by atoms with Gasteiger partial charge < -0.3 is 38.3 Å². The zero-order valence-corrected chi connectivity index (χ0v) is 29.2. The first kappa shape index (κ1) is 38.0. The molecule has 14 heteroatoms. The van der Waals surface area contributed by atoms with Gasteiger partial charge in [-0.25, -0.2) is 9.59 Å². The first-order chi connectivity index (χ1) is 23.2. The zero-order valence-electron chi connectivity index (χ0n) is 28.4. The Kier molecular flexibility index (Phi) is 13.0. The number of benzene rings is 2. The molecule has 1 fully saturated rings. The van der Waals surface area contributed by atoms with E-state index in [0.717, 1.165) is 6.26 Å². The lowest BCUT2D eigenvalue weighted by atomic mass is 9.98. The number of fused-ring (bicyclic) bond motifs is 2. The predicted octanol–water partition coefficient (Wildman–Crippen LogP) is 4.29. The van der Waals surface area contributed by atoms with Gasteiger partial charge in [0.25, 0.3) is 10.1 Å². The third kappa shape index (κ3) is 11.1. The molecule has 1 saturated heterocycles. The maximum Gasteiger partial charge on any atom is 0.342 e. The topological polar surface area (TPSA) is 162 Å². The fourth-order valence-corrected chi connectivity index (χ4v) is 5.54. The van der Waals surface area contributed by atoms with Crippen LogP contribution in [0, 0.1) is 5.92 Å². The molecule has 0 spiro atoms. The van der Waals surface area contributed by atoms with E-state index in [-0.39, 0.29) is 36.4 Å². The highest BCUT2D eigenvalue weighted by Gasteiger charge is 2.45. The second-order valence-electron chi connectivity index (χ2n) is 12.3. The summed E-state index contributed by atoms with van der Waals surface area (Å²) >= 11 is 0. The summed E-state index contributed by atoms with van der Waals surface area (Å²) in [6, 6.07) is 11.7. The van der Waals surface area contributed by atoms with Crippen molar-refractivity contribution in [2.75, 3.05) is 33.4 Å². The van der Waals surface area contributed by atoms with Crippen molar-refractivity contribution in [3.8, 4) is 11.5 Å². The first-order valence-corrected chi connectivity index (χ1v) is 17.6. The SMILES string of the molecule is COCOc1cc(OCC(O)COS(C)(=O)=O)cc2c1C(=O)O[C@@H](C)[C@H](C)/C=C\C(OC(=O)c1ccccc1)[C@H]1OC(C)(C)O[C@H]1CC=C2. The van der Waals surface area contributed by atoms with Gasteiger partial charge in [-0.15, -0.1) is 0 Å². The average Bonchev–Trinajstić information content (AvgIpc) is 3.36. The highest BCUT2D eigenvalue weighted by molar-refractivity contribution is 7.85. The van der Waals surface area contributed by atoms with E-state index in [4.69, 9.17) is 33.2 Å². The lowest BCUT2D eigenvalue weighted by Gasteiger charge is -2.26. The fraction of sp³-hybridized carbons (Fsp3) is 0.486. The molecule has 6 atom stereocenters. The highest BCUT2D eigenvalue weighted by Crippen LogP contribution is 2.36. The summed E-state index contributed by atoms with van der Waals surface area (Å²) < 4.78 is 68.3. The van der Waals surface area contributed by atoms with E-state index in [1.54, 1.807) is 69.3 Å². The minimum Gasteiger partial charge on any atom is -0.491 e. The molecule has 0 aromatic heterocycles.